The van der Waals surface area contributed by atoms with Gasteiger partial charge in [0.1, 0.15) is 5.82 Å². The average Bonchev–Trinajstić information content (AvgIpc) is 3.23. The second-order valence-electron chi connectivity index (χ2n) is 5.55. The van der Waals surface area contributed by atoms with Crippen molar-refractivity contribution in [2.75, 3.05) is 12.3 Å². The van der Waals surface area contributed by atoms with Crippen molar-refractivity contribution in [3.05, 3.63) is 24.0 Å². The van der Waals surface area contributed by atoms with Crippen molar-refractivity contribution in [2.45, 2.75) is 45.1 Å². The Morgan fingerprint density at radius 2 is 2.29 bits per heavy atom. The zero-order valence-corrected chi connectivity index (χ0v) is 12.3. The van der Waals surface area contributed by atoms with Crippen LogP contribution in [0.2, 0.25) is 0 Å². The monoisotopic (exact) mass is 287 g/mol. The van der Waals surface area contributed by atoms with Crippen LogP contribution in [0, 0.1) is 0 Å². The van der Waals surface area contributed by atoms with Crippen molar-refractivity contribution in [3.8, 4) is 0 Å². The molecule has 1 aromatic carbocycles. The van der Waals surface area contributed by atoms with E-state index in [1.54, 1.807) is 0 Å². The SMILES string of the molecule is CCOC(=O)CCCn1c(C2CC2)nc2cc(N)ccc21. The van der Waals surface area contributed by atoms with Gasteiger partial charge in [0.05, 0.1) is 17.6 Å². The first kappa shape index (κ1) is 13.9. The summed E-state index contributed by atoms with van der Waals surface area (Å²) < 4.78 is 7.22. The number of nitrogen functional groups attached to an aromatic ring is 1. The summed E-state index contributed by atoms with van der Waals surface area (Å²) >= 11 is 0. The van der Waals surface area contributed by atoms with E-state index in [1.165, 1.54) is 12.8 Å². The van der Waals surface area contributed by atoms with Crippen LogP contribution in [-0.2, 0) is 16.1 Å². The highest BCUT2D eigenvalue weighted by molar-refractivity contribution is 5.80. The summed E-state index contributed by atoms with van der Waals surface area (Å²) in [6.07, 6.45) is 3.63. The number of aromatic nitrogens is 2. The Kier molecular flexibility index (Phi) is 3.82. The van der Waals surface area contributed by atoms with Crippen LogP contribution in [0.4, 0.5) is 5.69 Å². The van der Waals surface area contributed by atoms with E-state index in [-0.39, 0.29) is 5.97 Å². The molecule has 1 aliphatic rings. The molecule has 0 unspecified atom stereocenters. The van der Waals surface area contributed by atoms with E-state index in [0.717, 1.165) is 35.5 Å². The molecule has 0 spiro atoms. The minimum Gasteiger partial charge on any atom is -0.466 e. The maximum Gasteiger partial charge on any atom is 0.305 e. The molecule has 1 aliphatic carbocycles. The van der Waals surface area contributed by atoms with E-state index in [4.69, 9.17) is 15.5 Å². The highest BCUT2D eigenvalue weighted by Crippen LogP contribution is 2.41. The summed E-state index contributed by atoms with van der Waals surface area (Å²) in [5.74, 6) is 1.58. The zero-order valence-electron chi connectivity index (χ0n) is 12.3. The predicted octanol–water partition coefficient (Wildman–Crippen LogP) is 2.84. The van der Waals surface area contributed by atoms with Crippen LogP contribution < -0.4 is 5.73 Å². The third-order valence-electron chi connectivity index (χ3n) is 3.81. The molecule has 5 nitrogen and oxygen atoms in total. The molecule has 3 rings (SSSR count). The van der Waals surface area contributed by atoms with E-state index < -0.39 is 0 Å². The van der Waals surface area contributed by atoms with E-state index in [2.05, 4.69) is 4.57 Å². The number of carbonyl (C=O) groups excluding carboxylic acids is 1. The number of fused-ring (bicyclic) bond motifs is 1. The number of carbonyl (C=O) groups is 1. The number of aryl methyl sites for hydroxylation is 1. The third-order valence-corrected chi connectivity index (χ3v) is 3.81. The lowest BCUT2D eigenvalue weighted by Gasteiger charge is -2.08. The summed E-state index contributed by atoms with van der Waals surface area (Å²) in [6.45, 7) is 3.07. The van der Waals surface area contributed by atoms with Gasteiger partial charge in [0.25, 0.3) is 0 Å². The molecule has 1 heterocycles. The van der Waals surface area contributed by atoms with Crippen molar-refractivity contribution < 1.29 is 9.53 Å². The summed E-state index contributed by atoms with van der Waals surface area (Å²) in [5, 5.41) is 0. The van der Waals surface area contributed by atoms with Crippen molar-refractivity contribution in [1.29, 1.82) is 0 Å². The number of nitrogens with zero attached hydrogens (tertiary/aromatic N) is 2. The van der Waals surface area contributed by atoms with Crippen molar-refractivity contribution in [1.82, 2.24) is 9.55 Å². The first-order valence-electron chi connectivity index (χ1n) is 7.60. The molecule has 2 N–H and O–H groups in total. The van der Waals surface area contributed by atoms with Gasteiger partial charge in [-0.2, -0.15) is 0 Å². The summed E-state index contributed by atoms with van der Waals surface area (Å²) in [4.78, 5) is 16.2. The van der Waals surface area contributed by atoms with Crippen molar-refractivity contribution >= 4 is 22.7 Å². The number of benzene rings is 1. The number of imidazole rings is 1. The Morgan fingerprint density at radius 1 is 1.48 bits per heavy atom. The average molecular weight is 287 g/mol. The first-order valence-corrected chi connectivity index (χ1v) is 7.60. The molecule has 2 aromatic rings. The molecule has 1 aromatic heterocycles. The number of hydrogen-bond donors (Lipinski definition) is 1. The van der Waals surface area contributed by atoms with Crippen molar-refractivity contribution in [3.63, 3.8) is 0 Å². The van der Waals surface area contributed by atoms with Gasteiger partial charge in [-0.1, -0.05) is 0 Å². The first-order chi connectivity index (χ1) is 10.2. The van der Waals surface area contributed by atoms with Crippen LogP contribution in [0.3, 0.4) is 0 Å². The highest BCUT2D eigenvalue weighted by Gasteiger charge is 2.29. The molecule has 1 fully saturated rings. The molecule has 5 heteroatoms. The molecule has 0 aliphatic heterocycles. The van der Waals surface area contributed by atoms with Crippen LogP contribution >= 0.6 is 0 Å². The van der Waals surface area contributed by atoms with Gasteiger partial charge < -0.3 is 15.0 Å². The van der Waals surface area contributed by atoms with Crippen molar-refractivity contribution in [2.24, 2.45) is 0 Å². The lowest BCUT2D eigenvalue weighted by molar-refractivity contribution is -0.143. The molecule has 0 saturated heterocycles. The van der Waals surface area contributed by atoms with Gasteiger partial charge in [0, 0.05) is 24.6 Å². The van der Waals surface area contributed by atoms with Gasteiger partial charge >= 0.3 is 5.97 Å². The van der Waals surface area contributed by atoms with Gasteiger partial charge in [-0.3, -0.25) is 4.79 Å². The Hall–Kier alpha value is -2.04. The topological polar surface area (TPSA) is 70.1 Å². The van der Waals surface area contributed by atoms with Crippen LogP contribution in [0.15, 0.2) is 18.2 Å². The Labute approximate surface area is 124 Å². The lowest BCUT2D eigenvalue weighted by Crippen LogP contribution is -2.08. The Balaban J connectivity index is 1.79. The van der Waals surface area contributed by atoms with E-state index in [9.17, 15) is 4.79 Å². The second kappa shape index (κ2) is 5.76. The summed E-state index contributed by atoms with van der Waals surface area (Å²) in [6, 6.07) is 5.85. The lowest BCUT2D eigenvalue weighted by atomic mass is 10.2. The van der Waals surface area contributed by atoms with E-state index in [0.29, 0.717) is 18.9 Å². The second-order valence-corrected chi connectivity index (χ2v) is 5.55. The smallest absolute Gasteiger partial charge is 0.305 e. The maximum atomic E-state index is 11.4. The molecule has 0 radical (unpaired) electrons. The quantitative estimate of drug-likeness (QED) is 0.655. The number of nitrogens with two attached hydrogens (primary N) is 1. The summed E-state index contributed by atoms with van der Waals surface area (Å²) in [7, 11) is 0. The number of ether oxygens (including phenoxy) is 1. The molecule has 1 saturated carbocycles. The largest absolute Gasteiger partial charge is 0.466 e. The Morgan fingerprint density at radius 3 is 3.00 bits per heavy atom. The standard InChI is InChI=1S/C16H21N3O2/c1-2-21-15(20)4-3-9-19-14-8-7-12(17)10-13(14)18-16(19)11-5-6-11/h7-8,10-11H,2-6,9,17H2,1H3. The van der Waals surface area contributed by atoms with Gasteiger partial charge in [0.15, 0.2) is 0 Å². The fourth-order valence-corrected chi connectivity index (χ4v) is 2.67. The molecule has 0 amide bonds. The van der Waals surface area contributed by atoms with Crippen LogP contribution in [-0.4, -0.2) is 22.1 Å². The maximum absolute atomic E-state index is 11.4. The van der Waals surface area contributed by atoms with Gasteiger partial charge in [-0.15, -0.1) is 0 Å². The number of rotatable bonds is 6. The molecule has 112 valence electrons. The van der Waals surface area contributed by atoms with E-state index in [1.807, 2.05) is 25.1 Å². The number of anilines is 1. The normalized spacial score (nSPS) is 14.5. The molecule has 21 heavy (non-hydrogen) atoms. The fourth-order valence-electron chi connectivity index (χ4n) is 2.67. The third kappa shape index (κ3) is 3.01. The number of esters is 1. The van der Waals surface area contributed by atoms with Gasteiger partial charge in [-0.25, -0.2) is 4.98 Å². The van der Waals surface area contributed by atoms with Gasteiger partial charge in [0.2, 0.25) is 0 Å². The minimum absolute atomic E-state index is 0.126. The van der Waals surface area contributed by atoms with E-state index >= 15 is 0 Å². The predicted molar refractivity (Wildman–Crippen MR) is 82.0 cm³/mol. The Bertz CT molecular complexity index is 659. The molecular weight excluding hydrogens is 266 g/mol. The fraction of sp³-hybridized carbons (Fsp3) is 0.500. The molecule has 0 bridgehead atoms. The van der Waals surface area contributed by atoms with Gasteiger partial charge in [-0.05, 0) is 44.4 Å². The molecule has 0 atom stereocenters. The van der Waals surface area contributed by atoms with Crippen LogP contribution in [0.5, 0.6) is 0 Å². The minimum atomic E-state index is -0.126. The summed E-state index contributed by atoms with van der Waals surface area (Å²) in [5.41, 5.74) is 8.63. The van der Waals surface area contributed by atoms with Crippen LogP contribution in [0.25, 0.3) is 11.0 Å². The van der Waals surface area contributed by atoms with Crippen LogP contribution in [0.1, 0.15) is 44.3 Å². The highest BCUT2D eigenvalue weighted by atomic mass is 16.5. The zero-order chi connectivity index (χ0) is 14.8. The molecular formula is C16H21N3O2. The number of hydrogen-bond acceptors (Lipinski definition) is 4.